The van der Waals surface area contributed by atoms with E-state index >= 15 is 0 Å². The lowest BCUT2D eigenvalue weighted by atomic mass is 10.0. The lowest BCUT2D eigenvalue weighted by Crippen LogP contribution is -2.49. The predicted molar refractivity (Wildman–Crippen MR) is 115 cm³/mol. The van der Waals surface area contributed by atoms with Crippen LogP contribution in [-0.2, 0) is 9.59 Å². The number of carbonyl (C=O) groups excluding carboxylic acids is 3. The summed E-state index contributed by atoms with van der Waals surface area (Å²) in [6, 6.07) is 12.3. The molecule has 1 atom stereocenters. The number of hydrogen-bond donors (Lipinski definition) is 3. The van der Waals surface area contributed by atoms with E-state index in [0.29, 0.717) is 27.7 Å². The second-order valence-corrected chi connectivity index (χ2v) is 7.81. The molecule has 2 aromatic carbocycles. The van der Waals surface area contributed by atoms with Gasteiger partial charge in [0.2, 0.25) is 11.8 Å². The summed E-state index contributed by atoms with van der Waals surface area (Å²) in [5.74, 6) is -1.02. The third kappa shape index (κ3) is 7.75. The second-order valence-electron chi connectivity index (χ2n) is 6.94. The maximum absolute atomic E-state index is 12.6. The molecule has 0 radical (unpaired) electrons. The lowest BCUT2D eigenvalue weighted by molar-refractivity contribution is -0.125. The first-order valence-corrected chi connectivity index (χ1v) is 9.89. The van der Waals surface area contributed by atoms with E-state index in [0.717, 1.165) is 0 Å². The zero-order valence-electron chi connectivity index (χ0n) is 16.2. The van der Waals surface area contributed by atoms with E-state index in [1.807, 2.05) is 13.8 Å². The highest BCUT2D eigenvalue weighted by Crippen LogP contribution is 2.13. The van der Waals surface area contributed by atoms with Crippen molar-refractivity contribution in [1.82, 2.24) is 10.6 Å². The van der Waals surface area contributed by atoms with Gasteiger partial charge in [-0.15, -0.1) is 0 Å². The molecular weight excluding hydrogens is 413 g/mol. The molecule has 0 saturated heterocycles. The summed E-state index contributed by atoms with van der Waals surface area (Å²) in [5.41, 5.74) is 0.972. The molecule has 6 nitrogen and oxygen atoms in total. The first kappa shape index (κ1) is 22.7. The normalized spacial score (nSPS) is 11.6. The molecule has 0 heterocycles. The molecule has 0 aliphatic carbocycles. The van der Waals surface area contributed by atoms with Gasteiger partial charge in [-0.1, -0.05) is 37.0 Å². The zero-order chi connectivity index (χ0) is 21.4. The largest absolute Gasteiger partial charge is 0.345 e. The number of carbonyl (C=O) groups is 3. The van der Waals surface area contributed by atoms with Crippen LogP contribution in [-0.4, -0.2) is 30.3 Å². The Labute approximate surface area is 180 Å². The minimum atomic E-state index is -0.762. The number of nitrogens with one attached hydrogen (secondary N) is 3. The van der Waals surface area contributed by atoms with E-state index < -0.39 is 11.9 Å². The van der Waals surface area contributed by atoms with Gasteiger partial charge in [0, 0.05) is 21.3 Å². The highest BCUT2D eigenvalue weighted by molar-refractivity contribution is 6.31. The molecule has 0 aliphatic heterocycles. The van der Waals surface area contributed by atoms with Gasteiger partial charge >= 0.3 is 0 Å². The van der Waals surface area contributed by atoms with Gasteiger partial charge < -0.3 is 16.0 Å². The van der Waals surface area contributed by atoms with Gasteiger partial charge in [-0.3, -0.25) is 14.4 Å². The number of halogens is 2. The number of rotatable bonds is 8. The average Bonchev–Trinajstić information content (AvgIpc) is 2.67. The molecule has 0 saturated carbocycles. The minimum absolute atomic E-state index is 0.166. The fourth-order valence-corrected chi connectivity index (χ4v) is 2.83. The summed E-state index contributed by atoms with van der Waals surface area (Å²) < 4.78 is 0. The summed E-state index contributed by atoms with van der Waals surface area (Å²) in [7, 11) is 0. The molecule has 0 bridgehead atoms. The standard InChI is InChI=1S/C21H23Cl2N3O3/c1-13(2)11-18(26-20(28)14-3-5-15(22)6-4-14)21(29)24-12-19(27)25-17-9-7-16(23)8-10-17/h3-10,13,18H,11-12H2,1-2H3,(H,24,29)(H,25,27)(H,26,28). The molecule has 3 N–H and O–H groups in total. The van der Waals surface area contributed by atoms with Crippen LogP contribution in [0.2, 0.25) is 10.0 Å². The molecule has 0 aromatic heterocycles. The maximum atomic E-state index is 12.6. The van der Waals surface area contributed by atoms with Crippen LogP contribution < -0.4 is 16.0 Å². The molecule has 29 heavy (non-hydrogen) atoms. The third-order valence-electron chi connectivity index (χ3n) is 3.99. The van der Waals surface area contributed by atoms with E-state index in [1.165, 1.54) is 0 Å². The number of amides is 3. The number of benzene rings is 2. The van der Waals surface area contributed by atoms with Crippen molar-refractivity contribution in [3.8, 4) is 0 Å². The van der Waals surface area contributed by atoms with E-state index in [4.69, 9.17) is 23.2 Å². The van der Waals surface area contributed by atoms with Crippen molar-refractivity contribution >= 4 is 46.6 Å². The Hall–Kier alpha value is -2.57. The summed E-state index contributed by atoms with van der Waals surface area (Å²) in [6.07, 6.45) is 0.434. The van der Waals surface area contributed by atoms with Crippen molar-refractivity contribution < 1.29 is 14.4 Å². The Morgan fingerprint density at radius 1 is 0.897 bits per heavy atom. The number of anilines is 1. The van der Waals surface area contributed by atoms with Gasteiger partial charge in [0.05, 0.1) is 6.54 Å². The second kappa shape index (κ2) is 10.8. The van der Waals surface area contributed by atoms with Crippen LogP contribution in [0.15, 0.2) is 48.5 Å². The Balaban J connectivity index is 1.93. The van der Waals surface area contributed by atoms with Gasteiger partial charge in [-0.2, -0.15) is 0 Å². The lowest BCUT2D eigenvalue weighted by Gasteiger charge is -2.20. The molecule has 3 amide bonds. The quantitative estimate of drug-likeness (QED) is 0.587. The van der Waals surface area contributed by atoms with Crippen molar-refractivity contribution in [2.45, 2.75) is 26.3 Å². The molecular formula is C21H23Cl2N3O3. The van der Waals surface area contributed by atoms with Gasteiger partial charge in [0.25, 0.3) is 5.91 Å². The zero-order valence-corrected chi connectivity index (χ0v) is 17.7. The van der Waals surface area contributed by atoms with Crippen molar-refractivity contribution in [3.05, 3.63) is 64.1 Å². The van der Waals surface area contributed by atoms with Gasteiger partial charge in [-0.05, 0) is 60.9 Å². The third-order valence-corrected chi connectivity index (χ3v) is 4.49. The van der Waals surface area contributed by atoms with Crippen molar-refractivity contribution in [2.24, 2.45) is 5.92 Å². The molecule has 1 unspecified atom stereocenters. The van der Waals surface area contributed by atoms with Crippen LogP contribution in [0.4, 0.5) is 5.69 Å². The smallest absolute Gasteiger partial charge is 0.251 e. The van der Waals surface area contributed by atoms with Crippen LogP contribution in [0.25, 0.3) is 0 Å². The van der Waals surface area contributed by atoms with E-state index in [1.54, 1.807) is 48.5 Å². The SMILES string of the molecule is CC(C)CC(NC(=O)c1ccc(Cl)cc1)C(=O)NCC(=O)Nc1ccc(Cl)cc1. The highest BCUT2D eigenvalue weighted by atomic mass is 35.5. The Kier molecular flexibility index (Phi) is 8.49. The molecule has 2 rings (SSSR count). The summed E-state index contributed by atoms with van der Waals surface area (Å²) in [4.78, 5) is 37.1. The molecule has 0 spiro atoms. The van der Waals surface area contributed by atoms with Crippen molar-refractivity contribution in [2.75, 3.05) is 11.9 Å². The van der Waals surface area contributed by atoms with Crippen LogP contribution in [0.3, 0.4) is 0 Å². The van der Waals surface area contributed by atoms with Crippen LogP contribution in [0, 0.1) is 5.92 Å². The Morgan fingerprint density at radius 2 is 1.45 bits per heavy atom. The van der Waals surface area contributed by atoms with E-state index in [-0.39, 0.29) is 24.3 Å². The topological polar surface area (TPSA) is 87.3 Å². The Morgan fingerprint density at radius 3 is 2.00 bits per heavy atom. The Bertz CT molecular complexity index is 852. The predicted octanol–water partition coefficient (Wildman–Crippen LogP) is 3.89. The summed E-state index contributed by atoms with van der Waals surface area (Å²) in [6.45, 7) is 3.68. The van der Waals surface area contributed by atoms with Crippen molar-refractivity contribution in [3.63, 3.8) is 0 Å². The fraction of sp³-hybridized carbons (Fsp3) is 0.286. The molecule has 0 aliphatic rings. The van der Waals surface area contributed by atoms with Crippen LogP contribution in [0.1, 0.15) is 30.6 Å². The van der Waals surface area contributed by atoms with E-state index in [2.05, 4.69) is 16.0 Å². The van der Waals surface area contributed by atoms with Crippen LogP contribution in [0.5, 0.6) is 0 Å². The first-order chi connectivity index (χ1) is 13.7. The molecule has 2 aromatic rings. The van der Waals surface area contributed by atoms with Crippen molar-refractivity contribution in [1.29, 1.82) is 0 Å². The highest BCUT2D eigenvalue weighted by Gasteiger charge is 2.23. The minimum Gasteiger partial charge on any atom is -0.345 e. The first-order valence-electron chi connectivity index (χ1n) is 9.14. The van der Waals surface area contributed by atoms with Crippen LogP contribution >= 0.6 is 23.2 Å². The number of hydrogen-bond acceptors (Lipinski definition) is 3. The summed E-state index contributed by atoms with van der Waals surface area (Å²) in [5, 5.41) is 9.04. The maximum Gasteiger partial charge on any atom is 0.251 e. The summed E-state index contributed by atoms with van der Waals surface area (Å²) >= 11 is 11.6. The monoisotopic (exact) mass is 435 g/mol. The average molecular weight is 436 g/mol. The molecule has 0 fully saturated rings. The van der Waals surface area contributed by atoms with Gasteiger partial charge in [0.1, 0.15) is 6.04 Å². The van der Waals surface area contributed by atoms with Gasteiger partial charge in [-0.25, -0.2) is 0 Å². The van der Waals surface area contributed by atoms with E-state index in [9.17, 15) is 14.4 Å². The van der Waals surface area contributed by atoms with Gasteiger partial charge in [0.15, 0.2) is 0 Å². The molecule has 154 valence electrons. The fourth-order valence-electron chi connectivity index (χ4n) is 2.57. The molecule has 8 heteroatoms.